The van der Waals surface area contributed by atoms with Crippen molar-refractivity contribution in [3.8, 4) is 9.88 Å². The van der Waals surface area contributed by atoms with Gasteiger partial charge in [-0.25, -0.2) is 4.98 Å². The SMILES string of the molecule is O=C(Cc1csc(-c2ccc(Cl)s2)n1)Nc1ccn(Cc2ccncc2)n1. The lowest BCUT2D eigenvalue weighted by atomic mass is 10.3. The smallest absolute Gasteiger partial charge is 0.231 e. The molecular weight excluding hydrogens is 402 g/mol. The minimum absolute atomic E-state index is 0.148. The van der Waals surface area contributed by atoms with Gasteiger partial charge in [0.15, 0.2) is 5.82 Å². The van der Waals surface area contributed by atoms with Gasteiger partial charge in [-0.05, 0) is 29.8 Å². The van der Waals surface area contributed by atoms with Gasteiger partial charge in [-0.15, -0.1) is 22.7 Å². The Morgan fingerprint density at radius 1 is 1.19 bits per heavy atom. The highest BCUT2D eigenvalue weighted by atomic mass is 35.5. The molecule has 1 N–H and O–H groups in total. The van der Waals surface area contributed by atoms with Gasteiger partial charge in [0.25, 0.3) is 0 Å². The van der Waals surface area contributed by atoms with Crippen molar-refractivity contribution >= 4 is 46.0 Å². The lowest BCUT2D eigenvalue weighted by Gasteiger charge is -2.02. The van der Waals surface area contributed by atoms with E-state index in [0.717, 1.165) is 25.5 Å². The molecule has 0 saturated carbocycles. The maximum Gasteiger partial charge on any atom is 0.231 e. The summed E-state index contributed by atoms with van der Waals surface area (Å²) in [5.41, 5.74) is 1.82. The summed E-state index contributed by atoms with van der Waals surface area (Å²) >= 11 is 8.94. The molecular formula is C18H14ClN5OS2. The molecule has 9 heteroatoms. The van der Waals surface area contributed by atoms with E-state index in [1.54, 1.807) is 23.1 Å². The van der Waals surface area contributed by atoms with Gasteiger partial charge in [0.2, 0.25) is 5.91 Å². The molecule has 6 nitrogen and oxygen atoms in total. The van der Waals surface area contributed by atoms with Gasteiger partial charge >= 0.3 is 0 Å². The summed E-state index contributed by atoms with van der Waals surface area (Å²) in [7, 11) is 0. The predicted molar refractivity (Wildman–Crippen MR) is 108 cm³/mol. The Kier molecular flexibility index (Phi) is 5.28. The van der Waals surface area contributed by atoms with Gasteiger partial charge in [-0.2, -0.15) is 5.10 Å². The number of halogens is 1. The maximum atomic E-state index is 12.3. The van der Waals surface area contributed by atoms with Crippen LogP contribution in [0.4, 0.5) is 5.82 Å². The fourth-order valence-electron chi connectivity index (χ4n) is 2.47. The molecule has 4 rings (SSSR count). The van der Waals surface area contributed by atoms with Crippen LogP contribution < -0.4 is 5.32 Å². The van der Waals surface area contributed by atoms with Gasteiger partial charge < -0.3 is 5.32 Å². The predicted octanol–water partition coefficient (Wildman–Crippen LogP) is 4.35. The lowest BCUT2D eigenvalue weighted by Crippen LogP contribution is -2.15. The Hall–Kier alpha value is -2.55. The van der Waals surface area contributed by atoms with Crippen LogP contribution >= 0.6 is 34.3 Å². The number of thiazole rings is 1. The zero-order chi connectivity index (χ0) is 18.6. The van der Waals surface area contributed by atoms with Crippen molar-refractivity contribution in [1.82, 2.24) is 19.7 Å². The molecule has 4 aromatic heterocycles. The third-order valence-electron chi connectivity index (χ3n) is 3.68. The lowest BCUT2D eigenvalue weighted by molar-refractivity contribution is -0.115. The van der Waals surface area contributed by atoms with Crippen molar-refractivity contribution in [3.05, 3.63) is 69.9 Å². The minimum Gasteiger partial charge on any atom is -0.309 e. The molecule has 0 aliphatic heterocycles. The number of carbonyl (C=O) groups excluding carboxylic acids is 1. The highest BCUT2D eigenvalue weighted by Crippen LogP contribution is 2.33. The summed E-state index contributed by atoms with van der Waals surface area (Å²) in [5.74, 6) is 0.375. The molecule has 0 aliphatic rings. The van der Waals surface area contributed by atoms with Gasteiger partial charge in [-0.1, -0.05) is 11.6 Å². The second-order valence-electron chi connectivity index (χ2n) is 5.73. The van der Waals surface area contributed by atoms with Crippen LogP contribution in [0.25, 0.3) is 9.88 Å². The van der Waals surface area contributed by atoms with Gasteiger partial charge in [-0.3, -0.25) is 14.5 Å². The molecule has 0 aliphatic carbocycles. The molecule has 0 fully saturated rings. The summed E-state index contributed by atoms with van der Waals surface area (Å²) in [6.45, 7) is 0.622. The molecule has 0 spiro atoms. The van der Waals surface area contributed by atoms with Crippen molar-refractivity contribution in [2.45, 2.75) is 13.0 Å². The standard InChI is InChI=1S/C18H14ClN5OS2/c19-15-2-1-14(27-15)18-21-13(11-26-18)9-17(25)22-16-5-8-24(23-16)10-12-3-6-20-7-4-12/h1-8,11H,9-10H2,(H,22,23,25). The first-order valence-corrected chi connectivity index (χ1v) is 10.2. The molecule has 1 amide bonds. The first kappa shape index (κ1) is 17.8. The Labute approximate surface area is 168 Å². The molecule has 0 saturated heterocycles. The number of pyridine rings is 1. The number of nitrogens with zero attached hydrogens (tertiary/aromatic N) is 4. The third-order valence-corrected chi connectivity index (χ3v) is 5.97. The van der Waals surface area contributed by atoms with E-state index in [1.807, 2.05) is 35.8 Å². The van der Waals surface area contributed by atoms with Crippen LogP contribution in [0.5, 0.6) is 0 Å². The van der Waals surface area contributed by atoms with E-state index in [9.17, 15) is 4.79 Å². The normalized spacial score (nSPS) is 10.9. The van der Waals surface area contributed by atoms with Gasteiger partial charge in [0.05, 0.1) is 27.9 Å². The van der Waals surface area contributed by atoms with Crippen LogP contribution in [0.2, 0.25) is 4.34 Å². The van der Waals surface area contributed by atoms with Crippen molar-refractivity contribution in [1.29, 1.82) is 0 Å². The van der Waals surface area contributed by atoms with E-state index >= 15 is 0 Å². The highest BCUT2D eigenvalue weighted by Gasteiger charge is 2.12. The first-order chi connectivity index (χ1) is 13.2. The van der Waals surface area contributed by atoms with Crippen molar-refractivity contribution in [3.63, 3.8) is 0 Å². The number of hydrogen-bond acceptors (Lipinski definition) is 6. The molecule has 0 atom stereocenters. The highest BCUT2D eigenvalue weighted by molar-refractivity contribution is 7.23. The van der Waals surface area contributed by atoms with Crippen LogP contribution in [0.1, 0.15) is 11.3 Å². The maximum absolute atomic E-state index is 12.3. The monoisotopic (exact) mass is 415 g/mol. The number of nitrogens with one attached hydrogen (secondary N) is 1. The second kappa shape index (κ2) is 7.99. The number of rotatable bonds is 6. The zero-order valence-corrected chi connectivity index (χ0v) is 16.4. The molecule has 27 heavy (non-hydrogen) atoms. The van der Waals surface area contributed by atoms with Crippen molar-refractivity contribution in [2.75, 3.05) is 5.32 Å². The Bertz CT molecular complexity index is 1060. The molecule has 0 unspecified atom stereocenters. The molecule has 4 aromatic rings. The summed E-state index contributed by atoms with van der Waals surface area (Å²) in [4.78, 5) is 21.8. The summed E-state index contributed by atoms with van der Waals surface area (Å²) in [5, 5.41) is 9.95. The number of carbonyl (C=O) groups is 1. The molecule has 0 radical (unpaired) electrons. The summed E-state index contributed by atoms with van der Waals surface area (Å²) in [6.07, 6.45) is 5.52. The third kappa shape index (κ3) is 4.60. The van der Waals surface area contributed by atoms with Crippen LogP contribution in [0, 0.1) is 0 Å². The Morgan fingerprint density at radius 2 is 2.04 bits per heavy atom. The fourth-order valence-corrected chi connectivity index (χ4v) is 4.41. The molecule has 4 heterocycles. The molecule has 0 aromatic carbocycles. The number of thiophene rings is 1. The second-order valence-corrected chi connectivity index (χ2v) is 8.30. The minimum atomic E-state index is -0.148. The first-order valence-electron chi connectivity index (χ1n) is 8.08. The van der Waals surface area contributed by atoms with Gasteiger partial charge in [0, 0.05) is 30.0 Å². The number of anilines is 1. The van der Waals surface area contributed by atoms with Crippen LogP contribution in [-0.2, 0) is 17.8 Å². The van der Waals surface area contributed by atoms with E-state index < -0.39 is 0 Å². The zero-order valence-electron chi connectivity index (χ0n) is 14.0. The van der Waals surface area contributed by atoms with E-state index in [0.29, 0.717) is 12.4 Å². The van der Waals surface area contributed by atoms with E-state index in [1.165, 1.54) is 22.7 Å². The van der Waals surface area contributed by atoms with Crippen molar-refractivity contribution in [2.24, 2.45) is 0 Å². The fraction of sp³-hybridized carbons (Fsp3) is 0.111. The van der Waals surface area contributed by atoms with Crippen LogP contribution in [0.3, 0.4) is 0 Å². The van der Waals surface area contributed by atoms with E-state index in [4.69, 9.17) is 11.6 Å². The van der Waals surface area contributed by atoms with E-state index in [2.05, 4.69) is 20.4 Å². The summed E-state index contributed by atoms with van der Waals surface area (Å²) < 4.78 is 2.49. The quantitative estimate of drug-likeness (QED) is 0.508. The largest absolute Gasteiger partial charge is 0.309 e. The van der Waals surface area contributed by atoms with Crippen LogP contribution in [0.15, 0.2) is 54.3 Å². The number of aromatic nitrogens is 4. The average Bonchev–Trinajstić information content (AvgIpc) is 3.38. The average molecular weight is 416 g/mol. The van der Waals surface area contributed by atoms with E-state index in [-0.39, 0.29) is 12.3 Å². The summed E-state index contributed by atoms with van der Waals surface area (Å²) in [6, 6.07) is 9.42. The Morgan fingerprint density at radius 3 is 2.81 bits per heavy atom. The Balaban J connectivity index is 1.35. The van der Waals surface area contributed by atoms with Crippen LogP contribution in [-0.4, -0.2) is 25.7 Å². The van der Waals surface area contributed by atoms with Gasteiger partial charge in [0.1, 0.15) is 5.01 Å². The van der Waals surface area contributed by atoms with Crippen molar-refractivity contribution < 1.29 is 4.79 Å². The molecule has 136 valence electrons. The number of amides is 1. The molecule has 0 bridgehead atoms. The number of hydrogen-bond donors (Lipinski definition) is 1. The topological polar surface area (TPSA) is 72.7 Å².